The normalized spacial score (nSPS) is 23.2. The molecule has 1 aliphatic heterocycles. The van der Waals surface area contributed by atoms with E-state index in [1.165, 1.54) is 21.6 Å². The average molecular weight is 262 g/mol. The van der Waals surface area contributed by atoms with Gasteiger partial charge >= 0.3 is 0 Å². The molecule has 0 N–H and O–H groups in total. The summed E-state index contributed by atoms with van der Waals surface area (Å²) in [5.41, 5.74) is 4.10. The largest absolute Gasteiger partial charge is 0.117 e. The van der Waals surface area contributed by atoms with Crippen LogP contribution >= 0.6 is 11.8 Å². The maximum atomic E-state index is 2.34. The minimum Gasteiger partial charge on any atom is -0.117 e. The van der Waals surface area contributed by atoms with Gasteiger partial charge in [0.2, 0.25) is 0 Å². The van der Waals surface area contributed by atoms with Gasteiger partial charge in [-0.05, 0) is 22.8 Å². The zero-order chi connectivity index (χ0) is 12.7. The topological polar surface area (TPSA) is 0 Å². The van der Waals surface area contributed by atoms with Crippen LogP contribution in [0.1, 0.15) is 11.5 Å². The molecule has 1 aliphatic carbocycles. The first-order valence-corrected chi connectivity index (χ1v) is 7.51. The van der Waals surface area contributed by atoms with E-state index in [1.54, 1.807) is 0 Å². The Morgan fingerprint density at radius 2 is 1.63 bits per heavy atom. The number of allylic oxidation sites excluding steroid dienone is 3. The maximum absolute atomic E-state index is 2.34. The molecule has 92 valence electrons. The van der Waals surface area contributed by atoms with Crippen molar-refractivity contribution in [3.8, 4) is 11.1 Å². The molecule has 0 radical (unpaired) electrons. The summed E-state index contributed by atoms with van der Waals surface area (Å²) in [6, 6.07) is 17.5. The van der Waals surface area contributed by atoms with E-state index >= 15 is 0 Å². The molecule has 0 saturated heterocycles. The zero-order valence-corrected chi connectivity index (χ0v) is 11.3. The Labute approximate surface area is 117 Å². The minimum atomic E-state index is 0.565. The lowest BCUT2D eigenvalue weighted by atomic mass is 9.91. The van der Waals surface area contributed by atoms with Gasteiger partial charge in [-0.2, -0.15) is 0 Å². The van der Waals surface area contributed by atoms with Crippen molar-refractivity contribution in [2.75, 3.05) is 0 Å². The van der Waals surface area contributed by atoms with E-state index in [1.807, 2.05) is 11.8 Å². The number of fused-ring (bicyclic) bond motifs is 3. The molecule has 2 aliphatic rings. The van der Waals surface area contributed by atoms with Gasteiger partial charge in [-0.25, -0.2) is 0 Å². The van der Waals surface area contributed by atoms with Gasteiger partial charge in [-0.3, -0.25) is 0 Å². The molecule has 2 unspecified atom stereocenters. The van der Waals surface area contributed by atoms with Crippen LogP contribution in [0.2, 0.25) is 0 Å². The second kappa shape index (κ2) is 4.43. The summed E-state index contributed by atoms with van der Waals surface area (Å²) >= 11 is 1.99. The van der Waals surface area contributed by atoms with Crippen LogP contribution in [-0.2, 0) is 0 Å². The zero-order valence-electron chi connectivity index (χ0n) is 10.5. The Hall–Kier alpha value is -1.73. The number of thioether (sulfide) groups is 1. The molecule has 2 aromatic carbocycles. The predicted octanol–water partition coefficient (Wildman–Crippen LogP) is 5.04. The van der Waals surface area contributed by atoms with Crippen molar-refractivity contribution in [1.29, 1.82) is 0 Å². The van der Waals surface area contributed by atoms with Gasteiger partial charge in [-0.15, -0.1) is 11.8 Å². The molecule has 0 nitrogen and oxygen atoms in total. The molecule has 1 heterocycles. The van der Waals surface area contributed by atoms with Crippen molar-refractivity contribution in [3.63, 3.8) is 0 Å². The van der Waals surface area contributed by atoms with Crippen molar-refractivity contribution in [3.05, 3.63) is 78.4 Å². The first kappa shape index (κ1) is 11.1. The van der Waals surface area contributed by atoms with Gasteiger partial charge in [0.1, 0.15) is 0 Å². The first-order valence-electron chi connectivity index (χ1n) is 6.63. The van der Waals surface area contributed by atoms with Gasteiger partial charge in [0.15, 0.2) is 0 Å². The highest BCUT2D eigenvalue weighted by Gasteiger charge is 2.30. The highest BCUT2D eigenvalue weighted by atomic mass is 32.2. The van der Waals surface area contributed by atoms with Crippen LogP contribution in [0.5, 0.6) is 0 Å². The average Bonchev–Trinajstić information content (AvgIpc) is 2.86. The summed E-state index contributed by atoms with van der Waals surface area (Å²) in [5, 5.41) is 0.589. The van der Waals surface area contributed by atoms with Crippen LogP contribution in [0.15, 0.2) is 77.7 Å². The summed E-state index contributed by atoms with van der Waals surface area (Å²) < 4.78 is 0. The molecule has 1 heteroatoms. The van der Waals surface area contributed by atoms with Gasteiger partial charge in [0.25, 0.3) is 0 Å². The second-order valence-corrected chi connectivity index (χ2v) is 6.22. The Bertz CT molecular complexity index is 667. The molecule has 0 saturated carbocycles. The lowest BCUT2D eigenvalue weighted by Gasteiger charge is -2.14. The van der Waals surface area contributed by atoms with E-state index < -0.39 is 0 Å². The van der Waals surface area contributed by atoms with E-state index in [-0.39, 0.29) is 0 Å². The number of benzene rings is 2. The summed E-state index contributed by atoms with van der Waals surface area (Å²) in [6.07, 6.45) is 8.98. The van der Waals surface area contributed by atoms with Gasteiger partial charge < -0.3 is 0 Å². The number of rotatable bonds is 1. The smallest absolute Gasteiger partial charge is 0.0381 e. The van der Waals surface area contributed by atoms with Crippen molar-refractivity contribution in [1.82, 2.24) is 0 Å². The molecule has 0 spiro atoms. The highest BCUT2D eigenvalue weighted by Crippen LogP contribution is 2.48. The molecule has 2 aromatic rings. The summed E-state index contributed by atoms with van der Waals surface area (Å²) in [5.74, 6) is 0.565. The molecule has 4 rings (SSSR count). The third-order valence-corrected chi connectivity index (χ3v) is 5.16. The number of hydrogen-bond donors (Lipinski definition) is 0. The van der Waals surface area contributed by atoms with Gasteiger partial charge in [0, 0.05) is 16.1 Å². The molecule has 0 aromatic heterocycles. The fraction of sp³-hybridized carbons (Fsp3) is 0.111. The standard InChI is InChI=1S/C18H14S/c1-2-6-13(7-3-1)14-10-11-16-15-8-4-5-9-17(15)19-18(16)12-14/h1-12,15,17H. The Balaban J connectivity index is 1.77. The fourth-order valence-corrected chi connectivity index (χ4v) is 4.23. The fourth-order valence-electron chi connectivity index (χ4n) is 2.85. The van der Waals surface area contributed by atoms with Crippen molar-refractivity contribution >= 4 is 11.8 Å². The molecule has 19 heavy (non-hydrogen) atoms. The third kappa shape index (κ3) is 1.85. The van der Waals surface area contributed by atoms with Crippen LogP contribution in [0.25, 0.3) is 11.1 Å². The third-order valence-electron chi connectivity index (χ3n) is 3.83. The summed E-state index contributed by atoms with van der Waals surface area (Å²) in [6.45, 7) is 0. The van der Waals surface area contributed by atoms with E-state index in [0.29, 0.717) is 11.2 Å². The Morgan fingerprint density at radius 1 is 0.789 bits per heavy atom. The van der Waals surface area contributed by atoms with Crippen LogP contribution in [0.4, 0.5) is 0 Å². The summed E-state index contributed by atoms with van der Waals surface area (Å²) in [7, 11) is 0. The Morgan fingerprint density at radius 3 is 2.53 bits per heavy atom. The molecular weight excluding hydrogens is 248 g/mol. The van der Waals surface area contributed by atoms with Crippen LogP contribution in [0.3, 0.4) is 0 Å². The SMILES string of the molecule is C1=CC2Sc3cc(-c4ccccc4)ccc3C2C=C1. The van der Waals surface area contributed by atoms with Crippen molar-refractivity contribution in [2.45, 2.75) is 16.1 Å². The van der Waals surface area contributed by atoms with Crippen molar-refractivity contribution < 1.29 is 0 Å². The molecule has 0 bridgehead atoms. The predicted molar refractivity (Wildman–Crippen MR) is 82.5 cm³/mol. The quantitative estimate of drug-likeness (QED) is 0.694. The highest BCUT2D eigenvalue weighted by molar-refractivity contribution is 8.00. The van der Waals surface area contributed by atoms with Crippen LogP contribution in [0, 0.1) is 0 Å². The first-order chi connectivity index (χ1) is 9.42. The lowest BCUT2D eigenvalue weighted by molar-refractivity contribution is 0.881. The van der Waals surface area contributed by atoms with Gasteiger partial charge in [-0.1, -0.05) is 66.8 Å². The molecule has 0 amide bonds. The second-order valence-electron chi connectivity index (χ2n) is 5.00. The van der Waals surface area contributed by atoms with E-state index in [2.05, 4.69) is 72.8 Å². The van der Waals surface area contributed by atoms with E-state index in [4.69, 9.17) is 0 Å². The minimum absolute atomic E-state index is 0.565. The van der Waals surface area contributed by atoms with Crippen LogP contribution < -0.4 is 0 Å². The molecule has 2 atom stereocenters. The molecular formula is C18H14S. The Kier molecular flexibility index (Phi) is 2.59. The summed E-state index contributed by atoms with van der Waals surface area (Å²) in [4.78, 5) is 1.44. The lowest BCUT2D eigenvalue weighted by Crippen LogP contribution is -2.06. The maximum Gasteiger partial charge on any atom is 0.0381 e. The van der Waals surface area contributed by atoms with Crippen LogP contribution in [-0.4, -0.2) is 5.25 Å². The monoisotopic (exact) mass is 262 g/mol. The van der Waals surface area contributed by atoms with Gasteiger partial charge in [0.05, 0.1) is 0 Å². The van der Waals surface area contributed by atoms with E-state index in [0.717, 1.165) is 0 Å². The van der Waals surface area contributed by atoms with Crippen molar-refractivity contribution in [2.24, 2.45) is 0 Å². The van der Waals surface area contributed by atoms with E-state index in [9.17, 15) is 0 Å². The number of hydrogen-bond acceptors (Lipinski definition) is 1. The molecule has 0 fully saturated rings.